The molecule has 0 aliphatic carbocycles. The maximum absolute atomic E-state index is 10.8. The average molecular weight is 279 g/mol. The van der Waals surface area contributed by atoms with Gasteiger partial charge in [0, 0.05) is 13.1 Å². The van der Waals surface area contributed by atoms with Crippen LogP contribution in [0, 0.1) is 5.92 Å². The Hall–Kier alpha value is -1.00. The highest BCUT2D eigenvalue weighted by molar-refractivity contribution is 7.98. The lowest BCUT2D eigenvalue weighted by molar-refractivity contribution is 0.0697. The van der Waals surface area contributed by atoms with Crippen molar-refractivity contribution < 1.29 is 9.90 Å². The highest BCUT2D eigenvalue weighted by Crippen LogP contribution is 2.21. The fraction of sp³-hybridized carbons (Fsp3) is 0.533. The number of hydrogen-bond acceptors (Lipinski definition) is 3. The van der Waals surface area contributed by atoms with Gasteiger partial charge in [0.25, 0.3) is 0 Å². The Kier molecular flexibility index (Phi) is 5.28. The van der Waals surface area contributed by atoms with Crippen molar-refractivity contribution in [3.8, 4) is 0 Å². The molecule has 1 unspecified atom stereocenters. The van der Waals surface area contributed by atoms with Gasteiger partial charge in [0.2, 0.25) is 0 Å². The first-order chi connectivity index (χ1) is 9.19. The van der Waals surface area contributed by atoms with Gasteiger partial charge < -0.3 is 5.11 Å². The lowest BCUT2D eigenvalue weighted by Gasteiger charge is -2.32. The van der Waals surface area contributed by atoms with Crippen molar-refractivity contribution in [3.63, 3.8) is 0 Å². The summed E-state index contributed by atoms with van der Waals surface area (Å²) in [4.78, 5) is 13.3. The molecule has 104 valence electrons. The molecule has 3 nitrogen and oxygen atoms in total. The smallest absolute Gasteiger partial charge is 0.335 e. The van der Waals surface area contributed by atoms with E-state index < -0.39 is 5.97 Å². The Morgan fingerprint density at radius 1 is 1.42 bits per heavy atom. The van der Waals surface area contributed by atoms with E-state index >= 15 is 0 Å². The Bertz CT molecular complexity index is 417. The maximum Gasteiger partial charge on any atom is 0.335 e. The van der Waals surface area contributed by atoms with Crippen LogP contribution in [0.5, 0.6) is 0 Å². The highest BCUT2D eigenvalue weighted by atomic mass is 32.2. The number of aromatic carboxylic acids is 1. The van der Waals surface area contributed by atoms with Gasteiger partial charge in [-0.3, -0.25) is 4.90 Å². The molecular formula is C15H21NO2S. The van der Waals surface area contributed by atoms with E-state index in [2.05, 4.69) is 11.2 Å². The summed E-state index contributed by atoms with van der Waals surface area (Å²) in [5.74, 6) is 1.20. The van der Waals surface area contributed by atoms with Crippen LogP contribution in [-0.2, 0) is 6.54 Å². The molecule has 2 rings (SSSR count). The van der Waals surface area contributed by atoms with Crippen LogP contribution in [0.2, 0.25) is 0 Å². The summed E-state index contributed by atoms with van der Waals surface area (Å²) in [6.07, 6.45) is 4.79. The highest BCUT2D eigenvalue weighted by Gasteiger charge is 2.19. The number of hydrogen-bond donors (Lipinski definition) is 1. The van der Waals surface area contributed by atoms with Crippen LogP contribution in [0.25, 0.3) is 0 Å². The summed E-state index contributed by atoms with van der Waals surface area (Å²) in [6, 6.07) is 7.26. The molecule has 1 atom stereocenters. The zero-order valence-corrected chi connectivity index (χ0v) is 12.2. The predicted molar refractivity (Wildman–Crippen MR) is 79.8 cm³/mol. The van der Waals surface area contributed by atoms with Crippen LogP contribution >= 0.6 is 11.8 Å². The van der Waals surface area contributed by atoms with E-state index in [-0.39, 0.29) is 0 Å². The predicted octanol–water partition coefficient (Wildman–Crippen LogP) is 2.96. The molecule has 4 heteroatoms. The largest absolute Gasteiger partial charge is 0.478 e. The molecule has 1 aromatic rings. The van der Waals surface area contributed by atoms with Crippen molar-refractivity contribution >= 4 is 17.7 Å². The lowest BCUT2D eigenvalue weighted by Crippen LogP contribution is -2.35. The zero-order valence-electron chi connectivity index (χ0n) is 11.3. The molecule has 0 aromatic heterocycles. The van der Waals surface area contributed by atoms with Crippen molar-refractivity contribution in [2.75, 3.05) is 25.1 Å². The molecule has 1 N–H and O–H groups in total. The summed E-state index contributed by atoms with van der Waals surface area (Å²) in [6.45, 7) is 3.26. The van der Waals surface area contributed by atoms with Gasteiger partial charge in [0.15, 0.2) is 0 Å². The average Bonchev–Trinajstić information content (AvgIpc) is 2.40. The van der Waals surface area contributed by atoms with E-state index in [4.69, 9.17) is 5.11 Å². The zero-order chi connectivity index (χ0) is 13.7. The topological polar surface area (TPSA) is 40.5 Å². The molecule has 19 heavy (non-hydrogen) atoms. The van der Waals surface area contributed by atoms with Crippen LogP contribution in [0.4, 0.5) is 0 Å². The number of thioether (sulfide) groups is 1. The summed E-state index contributed by atoms with van der Waals surface area (Å²) in [5.41, 5.74) is 1.57. The SMILES string of the molecule is CSCC1CCCN(Cc2ccc(C(=O)O)cc2)C1. The molecule has 1 aliphatic rings. The third kappa shape index (κ3) is 4.25. The molecule has 1 saturated heterocycles. The van der Waals surface area contributed by atoms with Crippen molar-refractivity contribution in [3.05, 3.63) is 35.4 Å². The third-order valence-corrected chi connectivity index (χ3v) is 4.42. The lowest BCUT2D eigenvalue weighted by atomic mass is 9.99. The minimum absolute atomic E-state index is 0.364. The number of piperidine rings is 1. The number of benzene rings is 1. The van der Waals surface area contributed by atoms with Gasteiger partial charge in [-0.2, -0.15) is 11.8 Å². The van der Waals surface area contributed by atoms with E-state index in [9.17, 15) is 4.79 Å². The molecule has 1 aliphatic heterocycles. The number of carboxylic acids is 1. The number of carboxylic acid groups (broad SMARTS) is 1. The number of rotatable bonds is 5. The van der Waals surface area contributed by atoms with Crippen molar-refractivity contribution in [2.24, 2.45) is 5.92 Å². The molecule has 0 bridgehead atoms. The Morgan fingerprint density at radius 3 is 2.79 bits per heavy atom. The van der Waals surface area contributed by atoms with Gasteiger partial charge in [-0.1, -0.05) is 12.1 Å². The molecule has 0 amide bonds. The fourth-order valence-electron chi connectivity index (χ4n) is 2.68. The Morgan fingerprint density at radius 2 is 2.16 bits per heavy atom. The number of likely N-dealkylation sites (tertiary alicyclic amines) is 1. The normalized spacial score (nSPS) is 20.4. The first-order valence-corrected chi connectivity index (χ1v) is 8.12. The van der Waals surface area contributed by atoms with E-state index in [1.807, 2.05) is 23.9 Å². The molecule has 1 aromatic carbocycles. The molecule has 1 fully saturated rings. The third-order valence-electron chi connectivity index (χ3n) is 3.61. The van der Waals surface area contributed by atoms with Crippen LogP contribution < -0.4 is 0 Å². The second-order valence-electron chi connectivity index (χ2n) is 5.20. The van der Waals surface area contributed by atoms with E-state index in [1.165, 1.54) is 30.7 Å². The summed E-state index contributed by atoms with van der Waals surface area (Å²) < 4.78 is 0. The summed E-state index contributed by atoms with van der Waals surface area (Å²) in [7, 11) is 0. The number of carbonyl (C=O) groups is 1. The van der Waals surface area contributed by atoms with Crippen molar-refractivity contribution in [1.82, 2.24) is 4.90 Å². The van der Waals surface area contributed by atoms with Gasteiger partial charge in [0.1, 0.15) is 0 Å². The standard InChI is InChI=1S/C15H21NO2S/c1-19-11-13-3-2-8-16(10-13)9-12-4-6-14(7-5-12)15(17)18/h4-7,13H,2-3,8-11H2,1H3,(H,17,18). The monoisotopic (exact) mass is 279 g/mol. The second-order valence-corrected chi connectivity index (χ2v) is 6.11. The second kappa shape index (κ2) is 6.96. The quantitative estimate of drug-likeness (QED) is 0.899. The van der Waals surface area contributed by atoms with Gasteiger partial charge >= 0.3 is 5.97 Å². The van der Waals surface area contributed by atoms with E-state index in [0.717, 1.165) is 19.0 Å². The molecule has 0 spiro atoms. The molecular weight excluding hydrogens is 258 g/mol. The Labute approximate surface area is 119 Å². The first-order valence-electron chi connectivity index (χ1n) is 6.72. The summed E-state index contributed by atoms with van der Waals surface area (Å²) >= 11 is 1.93. The number of nitrogens with zero attached hydrogens (tertiary/aromatic N) is 1. The van der Waals surface area contributed by atoms with Crippen LogP contribution in [0.1, 0.15) is 28.8 Å². The molecule has 1 heterocycles. The minimum atomic E-state index is -0.857. The van der Waals surface area contributed by atoms with Crippen molar-refractivity contribution in [2.45, 2.75) is 19.4 Å². The first kappa shape index (κ1) is 14.4. The van der Waals surface area contributed by atoms with E-state index in [0.29, 0.717) is 5.56 Å². The molecule has 0 radical (unpaired) electrons. The van der Waals surface area contributed by atoms with Crippen LogP contribution in [-0.4, -0.2) is 41.1 Å². The van der Waals surface area contributed by atoms with Gasteiger partial charge in [-0.05, 0) is 55.0 Å². The van der Waals surface area contributed by atoms with Crippen molar-refractivity contribution in [1.29, 1.82) is 0 Å². The Balaban J connectivity index is 1.91. The summed E-state index contributed by atoms with van der Waals surface area (Å²) in [5, 5.41) is 8.88. The van der Waals surface area contributed by atoms with Crippen LogP contribution in [0.3, 0.4) is 0 Å². The maximum atomic E-state index is 10.8. The van der Waals surface area contributed by atoms with Gasteiger partial charge in [0.05, 0.1) is 5.56 Å². The van der Waals surface area contributed by atoms with Crippen LogP contribution in [0.15, 0.2) is 24.3 Å². The van der Waals surface area contributed by atoms with Gasteiger partial charge in [-0.15, -0.1) is 0 Å². The van der Waals surface area contributed by atoms with E-state index in [1.54, 1.807) is 12.1 Å². The fourth-order valence-corrected chi connectivity index (χ4v) is 3.42. The molecule has 0 saturated carbocycles. The van der Waals surface area contributed by atoms with Gasteiger partial charge in [-0.25, -0.2) is 4.79 Å². The minimum Gasteiger partial charge on any atom is -0.478 e.